The molecule has 0 aliphatic carbocycles. The summed E-state index contributed by atoms with van der Waals surface area (Å²) in [6.07, 6.45) is 7.02. The van der Waals surface area contributed by atoms with E-state index >= 15 is 0 Å². The molecule has 1 heterocycles. The summed E-state index contributed by atoms with van der Waals surface area (Å²) in [5, 5.41) is 2.81. The molecule has 0 aliphatic heterocycles. The molecule has 1 aromatic carbocycles. The molecule has 2 N–H and O–H groups in total. The average molecular weight is 305 g/mol. The number of nitrogens with one attached hydrogen (secondary N) is 2. The minimum absolute atomic E-state index is 0.0980. The first kappa shape index (κ1) is 12.6. The Bertz CT molecular complexity index is 529. The molecular weight excluding hydrogens is 292 g/mol. The number of aromatic amines is 1. The molecule has 3 nitrogen and oxygen atoms in total. The first-order valence-corrected chi connectivity index (χ1v) is 6.36. The maximum Gasteiger partial charge on any atom is 0.244 e. The molecule has 0 spiro atoms. The molecule has 18 heavy (non-hydrogen) atoms. The van der Waals surface area contributed by atoms with Crippen molar-refractivity contribution < 1.29 is 4.79 Å². The van der Waals surface area contributed by atoms with Gasteiger partial charge in [0.1, 0.15) is 0 Å². The van der Waals surface area contributed by atoms with Crippen LogP contribution in [0.25, 0.3) is 6.08 Å². The first-order valence-electron chi connectivity index (χ1n) is 5.57. The highest BCUT2D eigenvalue weighted by Gasteiger charge is 1.96. The van der Waals surface area contributed by atoms with E-state index < -0.39 is 0 Å². The monoisotopic (exact) mass is 304 g/mol. The van der Waals surface area contributed by atoms with Crippen molar-refractivity contribution in [2.24, 2.45) is 0 Å². The Balaban J connectivity index is 1.85. The molecule has 4 heteroatoms. The maximum absolute atomic E-state index is 11.6. The Morgan fingerprint density at radius 1 is 1.28 bits per heavy atom. The summed E-state index contributed by atoms with van der Waals surface area (Å²) in [6, 6.07) is 9.70. The maximum atomic E-state index is 11.6. The lowest BCUT2D eigenvalue weighted by molar-refractivity contribution is -0.116. The van der Waals surface area contributed by atoms with Gasteiger partial charge in [0, 0.05) is 29.5 Å². The highest BCUT2D eigenvalue weighted by Crippen LogP contribution is 2.11. The molecule has 2 aromatic rings. The summed E-state index contributed by atoms with van der Waals surface area (Å²) >= 11 is 3.37. The van der Waals surface area contributed by atoms with Crippen LogP contribution in [-0.2, 0) is 11.3 Å². The van der Waals surface area contributed by atoms with Gasteiger partial charge < -0.3 is 10.3 Å². The number of hydrogen-bond donors (Lipinski definition) is 2. The van der Waals surface area contributed by atoms with Crippen molar-refractivity contribution in [2.45, 2.75) is 6.54 Å². The van der Waals surface area contributed by atoms with Crippen molar-refractivity contribution in [1.29, 1.82) is 0 Å². The number of benzene rings is 1. The van der Waals surface area contributed by atoms with Gasteiger partial charge in [-0.15, -0.1) is 0 Å². The van der Waals surface area contributed by atoms with Gasteiger partial charge in [-0.05, 0) is 35.4 Å². The van der Waals surface area contributed by atoms with Gasteiger partial charge in [-0.1, -0.05) is 28.1 Å². The number of aromatic nitrogens is 1. The van der Waals surface area contributed by atoms with Crippen LogP contribution in [0.4, 0.5) is 0 Å². The van der Waals surface area contributed by atoms with Crippen LogP contribution in [0, 0.1) is 0 Å². The molecular formula is C14H13BrN2O. The number of rotatable bonds is 4. The number of carbonyl (C=O) groups is 1. The normalized spacial score (nSPS) is 10.7. The van der Waals surface area contributed by atoms with Gasteiger partial charge in [0.25, 0.3) is 0 Å². The third kappa shape index (κ3) is 3.89. The fourth-order valence-corrected chi connectivity index (χ4v) is 1.73. The Labute approximate surface area is 114 Å². The van der Waals surface area contributed by atoms with Crippen LogP contribution in [0.15, 0.2) is 53.3 Å². The van der Waals surface area contributed by atoms with Gasteiger partial charge in [0.15, 0.2) is 0 Å². The Kier molecular flexibility index (Phi) is 4.36. The summed E-state index contributed by atoms with van der Waals surface area (Å²) in [6.45, 7) is 0.535. The van der Waals surface area contributed by atoms with Crippen molar-refractivity contribution in [3.63, 3.8) is 0 Å². The van der Waals surface area contributed by atoms with Gasteiger partial charge in [0.05, 0.1) is 0 Å². The molecule has 2 rings (SSSR count). The number of hydrogen-bond acceptors (Lipinski definition) is 1. The van der Waals surface area contributed by atoms with E-state index in [1.165, 1.54) is 6.08 Å². The molecule has 0 fully saturated rings. The fraction of sp³-hybridized carbons (Fsp3) is 0.0714. The van der Waals surface area contributed by atoms with E-state index in [-0.39, 0.29) is 5.91 Å². The fourth-order valence-electron chi connectivity index (χ4n) is 1.46. The van der Waals surface area contributed by atoms with Crippen molar-refractivity contribution in [1.82, 2.24) is 10.3 Å². The summed E-state index contributed by atoms with van der Waals surface area (Å²) in [5.74, 6) is -0.0980. The van der Waals surface area contributed by atoms with E-state index in [2.05, 4.69) is 26.2 Å². The van der Waals surface area contributed by atoms with Gasteiger partial charge >= 0.3 is 0 Å². The quantitative estimate of drug-likeness (QED) is 0.838. The lowest BCUT2D eigenvalue weighted by Gasteiger charge is -1.99. The summed E-state index contributed by atoms with van der Waals surface area (Å²) in [7, 11) is 0. The lowest BCUT2D eigenvalue weighted by atomic mass is 10.2. The van der Waals surface area contributed by atoms with Crippen molar-refractivity contribution in [3.8, 4) is 0 Å². The third-order valence-electron chi connectivity index (χ3n) is 2.43. The summed E-state index contributed by atoms with van der Waals surface area (Å²) in [5.41, 5.74) is 2.05. The molecule has 1 aromatic heterocycles. The molecule has 0 unspecified atom stereocenters. The van der Waals surface area contributed by atoms with E-state index in [1.54, 1.807) is 6.08 Å². The second kappa shape index (κ2) is 6.21. The number of halogens is 1. The van der Waals surface area contributed by atoms with Gasteiger partial charge in [-0.3, -0.25) is 4.79 Å². The van der Waals surface area contributed by atoms with Crippen LogP contribution in [0.2, 0.25) is 0 Å². The molecule has 0 atom stereocenters. The second-order valence-electron chi connectivity index (χ2n) is 3.82. The predicted octanol–water partition coefficient (Wildman–Crippen LogP) is 3.11. The number of amides is 1. The molecule has 0 saturated heterocycles. The minimum Gasteiger partial charge on any atom is -0.367 e. The van der Waals surface area contributed by atoms with Crippen molar-refractivity contribution >= 4 is 27.9 Å². The van der Waals surface area contributed by atoms with Crippen LogP contribution in [0.1, 0.15) is 11.1 Å². The molecule has 1 amide bonds. The first-order chi connectivity index (χ1) is 8.74. The zero-order valence-corrected chi connectivity index (χ0v) is 11.3. The molecule has 0 radical (unpaired) electrons. The Morgan fingerprint density at radius 3 is 2.72 bits per heavy atom. The molecule has 0 aliphatic rings. The van der Waals surface area contributed by atoms with Gasteiger partial charge in [-0.2, -0.15) is 0 Å². The highest BCUT2D eigenvalue weighted by molar-refractivity contribution is 9.10. The topological polar surface area (TPSA) is 44.9 Å². The standard InChI is InChI=1S/C14H13BrN2O/c15-13-4-1-11(2-5-13)3-6-14(18)17-10-12-7-8-16-9-12/h1-9,16H,10H2,(H,17,18)/b6-3+. The SMILES string of the molecule is O=C(/C=C/c1ccc(Br)cc1)NCc1cc[nH]c1. The van der Waals surface area contributed by atoms with Crippen molar-refractivity contribution in [2.75, 3.05) is 0 Å². The van der Waals surface area contributed by atoms with Crippen LogP contribution in [0.3, 0.4) is 0 Å². The predicted molar refractivity (Wildman–Crippen MR) is 75.8 cm³/mol. The van der Waals surface area contributed by atoms with Crippen LogP contribution < -0.4 is 5.32 Å². The average Bonchev–Trinajstić information content (AvgIpc) is 2.89. The summed E-state index contributed by atoms with van der Waals surface area (Å²) in [4.78, 5) is 14.5. The van der Waals surface area contributed by atoms with E-state index in [0.717, 1.165) is 15.6 Å². The largest absolute Gasteiger partial charge is 0.367 e. The Hall–Kier alpha value is -1.81. The summed E-state index contributed by atoms with van der Waals surface area (Å²) < 4.78 is 1.02. The minimum atomic E-state index is -0.0980. The van der Waals surface area contributed by atoms with Crippen LogP contribution >= 0.6 is 15.9 Å². The van der Waals surface area contributed by atoms with E-state index in [9.17, 15) is 4.79 Å². The van der Waals surface area contributed by atoms with Gasteiger partial charge in [-0.25, -0.2) is 0 Å². The highest BCUT2D eigenvalue weighted by atomic mass is 79.9. The van der Waals surface area contributed by atoms with Crippen molar-refractivity contribution in [3.05, 3.63) is 64.4 Å². The number of H-pyrrole nitrogens is 1. The van der Waals surface area contributed by atoms with Crippen LogP contribution in [-0.4, -0.2) is 10.9 Å². The van der Waals surface area contributed by atoms with E-state index in [4.69, 9.17) is 0 Å². The third-order valence-corrected chi connectivity index (χ3v) is 2.95. The van der Waals surface area contributed by atoms with Crippen LogP contribution in [0.5, 0.6) is 0 Å². The molecule has 0 saturated carbocycles. The number of carbonyl (C=O) groups excluding carboxylic acids is 1. The zero-order chi connectivity index (χ0) is 12.8. The Morgan fingerprint density at radius 2 is 2.06 bits per heavy atom. The lowest BCUT2D eigenvalue weighted by Crippen LogP contribution is -2.19. The van der Waals surface area contributed by atoms with Gasteiger partial charge in [0.2, 0.25) is 5.91 Å². The second-order valence-corrected chi connectivity index (χ2v) is 4.74. The molecule has 0 bridgehead atoms. The smallest absolute Gasteiger partial charge is 0.244 e. The molecule has 92 valence electrons. The zero-order valence-electron chi connectivity index (χ0n) is 9.69. The van der Waals surface area contributed by atoms with E-state index in [0.29, 0.717) is 6.54 Å². The van der Waals surface area contributed by atoms with E-state index in [1.807, 2.05) is 42.7 Å².